The van der Waals surface area contributed by atoms with E-state index in [0.717, 1.165) is 16.1 Å². The molecule has 0 fully saturated rings. The predicted molar refractivity (Wildman–Crippen MR) is 85.5 cm³/mol. The van der Waals surface area contributed by atoms with Gasteiger partial charge in [0, 0.05) is 6.20 Å². The summed E-state index contributed by atoms with van der Waals surface area (Å²) in [6.45, 7) is 2.02. The number of nitrogens with one attached hydrogen (secondary N) is 1. The van der Waals surface area contributed by atoms with Crippen molar-refractivity contribution in [3.8, 4) is 10.6 Å². The fourth-order valence-corrected chi connectivity index (χ4v) is 3.97. The summed E-state index contributed by atoms with van der Waals surface area (Å²) in [7, 11) is -3.59. The molecule has 4 nitrogen and oxygen atoms in total. The maximum Gasteiger partial charge on any atom is 0.275 e. The second-order valence-corrected chi connectivity index (χ2v) is 7.23. The Kier molecular flexibility index (Phi) is 3.57. The van der Waals surface area contributed by atoms with Gasteiger partial charge in [-0.1, -0.05) is 18.2 Å². The van der Waals surface area contributed by atoms with Crippen molar-refractivity contribution in [1.29, 1.82) is 0 Å². The lowest BCUT2D eigenvalue weighted by Crippen LogP contribution is -2.23. The summed E-state index contributed by atoms with van der Waals surface area (Å²) in [4.78, 5) is 3.85. The van der Waals surface area contributed by atoms with Gasteiger partial charge in [-0.25, -0.2) is 4.83 Å². The van der Waals surface area contributed by atoms with Crippen LogP contribution in [-0.2, 0) is 10.0 Å². The fraction of sp³-hybridized carbons (Fsp3) is 0.0667. The first-order valence-electron chi connectivity index (χ1n) is 6.37. The Morgan fingerprint density at radius 3 is 2.52 bits per heavy atom. The van der Waals surface area contributed by atoms with E-state index in [4.69, 9.17) is 0 Å². The first-order chi connectivity index (χ1) is 10.1. The van der Waals surface area contributed by atoms with E-state index >= 15 is 0 Å². The molecule has 0 saturated carbocycles. The number of sulfonamides is 1. The van der Waals surface area contributed by atoms with Gasteiger partial charge < -0.3 is 0 Å². The van der Waals surface area contributed by atoms with Crippen LogP contribution < -0.4 is 4.83 Å². The van der Waals surface area contributed by atoms with E-state index in [-0.39, 0.29) is 4.90 Å². The maximum absolute atomic E-state index is 12.4. The van der Waals surface area contributed by atoms with Crippen LogP contribution in [-0.4, -0.2) is 13.1 Å². The third-order valence-electron chi connectivity index (χ3n) is 3.00. The smallest absolute Gasteiger partial charge is 0.253 e. The van der Waals surface area contributed by atoms with Crippen LogP contribution in [0.5, 0.6) is 0 Å². The number of rotatable bonds is 4. The quantitative estimate of drug-likeness (QED) is 0.801. The number of aryl methyl sites for hydroxylation is 1. The highest BCUT2D eigenvalue weighted by atomic mass is 32.2. The molecule has 0 aliphatic carbocycles. The van der Waals surface area contributed by atoms with Gasteiger partial charge in [0.15, 0.2) is 0 Å². The molecule has 3 rings (SSSR count). The Labute approximate surface area is 127 Å². The maximum atomic E-state index is 12.4. The highest BCUT2D eigenvalue weighted by molar-refractivity contribution is 7.92. The monoisotopic (exact) mass is 318 g/mol. The zero-order chi connectivity index (χ0) is 14.9. The first-order valence-corrected chi connectivity index (χ1v) is 8.73. The summed E-state index contributed by atoms with van der Waals surface area (Å²) in [6, 6.07) is 14.1. The predicted octanol–water partition coefficient (Wildman–Crippen LogP) is 3.46. The van der Waals surface area contributed by atoms with Crippen LogP contribution >= 0.6 is 11.3 Å². The van der Waals surface area contributed by atoms with Crippen LogP contribution in [0.2, 0.25) is 0 Å². The summed E-state index contributed by atoms with van der Waals surface area (Å²) >= 11 is 1.59. The molecule has 2 heterocycles. The van der Waals surface area contributed by atoms with Crippen molar-refractivity contribution in [2.75, 3.05) is 4.83 Å². The molecule has 0 unspecified atom stereocenters. The largest absolute Gasteiger partial charge is 0.275 e. The van der Waals surface area contributed by atoms with Crippen molar-refractivity contribution in [3.05, 3.63) is 65.7 Å². The van der Waals surface area contributed by atoms with Crippen molar-refractivity contribution >= 4 is 21.4 Å². The van der Waals surface area contributed by atoms with Crippen molar-refractivity contribution < 1.29 is 8.42 Å². The normalized spacial score (nSPS) is 11.5. The van der Waals surface area contributed by atoms with Gasteiger partial charge in [0.05, 0.1) is 15.5 Å². The highest BCUT2D eigenvalue weighted by Crippen LogP contribution is 2.27. The first kappa shape index (κ1) is 13.9. The Morgan fingerprint density at radius 1 is 1.10 bits per heavy atom. The van der Waals surface area contributed by atoms with E-state index in [2.05, 4.69) is 4.83 Å². The molecule has 0 spiro atoms. The minimum Gasteiger partial charge on any atom is -0.253 e. The number of nitrogens with zero attached hydrogens (tertiary/aromatic N) is 1. The Hall–Kier alpha value is -2.05. The molecule has 21 heavy (non-hydrogen) atoms. The van der Waals surface area contributed by atoms with Gasteiger partial charge in [0.25, 0.3) is 10.0 Å². The minimum absolute atomic E-state index is 0.243. The van der Waals surface area contributed by atoms with Crippen LogP contribution in [0.25, 0.3) is 10.6 Å². The van der Waals surface area contributed by atoms with E-state index in [1.807, 2.05) is 30.5 Å². The molecule has 0 aliphatic rings. The van der Waals surface area contributed by atoms with Crippen LogP contribution in [0.4, 0.5) is 0 Å². The molecule has 1 aromatic carbocycles. The van der Waals surface area contributed by atoms with E-state index in [9.17, 15) is 8.42 Å². The summed E-state index contributed by atoms with van der Waals surface area (Å²) < 4.78 is 26.3. The molecule has 108 valence electrons. The van der Waals surface area contributed by atoms with Crippen molar-refractivity contribution in [1.82, 2.24) is 4.68 Å². The Balaban J connectivity index is 1.95. The third-order valence-corrected chi connectivity index (χ3v) is 5.40. The lowest BCUT2D eigenvalue weighted by molar-refractivity contribution is 0.595. The lowest BCUT2D eigenvalue weighted by Gasteiger charge is -2.11. The number of benzene rings is 1. The van der Waals surface area contributed by atoms with E-state index < -0.39 is 10.0 Å². The molecule has 1 N–H and O–H groups in total. The molecular formula is C15H14N2O2S2. The number of aromatic nitrogens is 1. The molecule has 0 atom stereocenters. The van der Waals surface area contributed by atoms with Gasteiger partial charge in [-0.05, 0) is 48.2 Å². The van der Waals surface area contributed by atoms with Crippen molar-refractivity contribution in [3.63, 3.8) is 0 Å². The van der Waals surface area contributed by atoms with Gasteiger partial charge in [0.2, 0.25) is 0 Å². The summed E-state index contributed by atoms with van der Waals surface area (Å²) in [5, 5.41) is 2.04. The molecule has 0 bridgehead atoms. The van der Waals surface area contributed by atoms with Crippen LogP contribution in [0.15, 0.2) is 65.0 Å². The molecular weight excluding hydrogens is 304 g/mol. The lowest BCUT2D eigenvalue weighted by atomic mass is 10.3. The fourth-order valence-electron chi connectivity index (χ4n) is 2.01. The number of hydrogen-bond donors (Lipinski definition) is 1. The zero-order valence-electron chi connectivity index (χ0n) is 11.4. The van der Waals surface area contributed by atoms with Gasteiger partial charge in [0.1, 0.15) is 0 Å². The van der Waals surface area contributed by atoms with Gasteiger partial charge in [-0.15, -0.1) is 11.3 Å². The average Bonchev–Trinajstić information content (AvgIpc) is 3.08. The molecule has 0 radical (unpaired) electrons. The minimum atomic E-state index is -3.59. The Bertz CT molecular complexity index is 849. The molecule has 0 amide bonds. The summed E-state index contributed by atoms with van der Waals surface area (Å²) in [6.07, 6.45) is 1.70. The van der Waals surface area contributed by atoms with Gasteiger partial charge in [-0.3, -0.25) is 4.68 Å². The van der Waals surface area contributed by atoms with E-state index in [0.29, 0.717) is 0 Å². The van der Waals surface area contributed by atoms with E-state index in [1.165, 1.54) is 4.68 Å². The number of thiophene rings is 1. The number of hydrogen-bond acceptors (Lipinski definition) is 3. The van der Waals surface area contributed by atoms with Crippen molar-refractivity contribution in [2.45, 2.75) is 11.8 Å². The molecule has 0 saturated heterocycles. The molecule has 6 heteroatoms. The topological polar surface area (TPSA) is 51.1 Å². The van der Waals surface area contributed by atoms with Crippen LogP contribution in [0.1, 0.15) is 5.56 Å². The summed E-state index contributed by atoms with van der Waals surface area (Å²) in [5.41, 5.74) is 1.99. The van der Waals surface area contributed by atoms with Gasteiger partial charge >= 0.3 is 0 Å². The highest BCUT2D eigenvalue weighted by Gasteiger charge is 2.15. The SMILES string of the molecule is Cc1csc(-c2cccn2NS(=O)(=O)c2ccccc2)c1. The summed E-state index contributed by atoms with van der Waals surface area (Å²) in [5.74, 6) is 0. The van der Waals surface area contributed by atoms with Gasteiger partial charge in [-0.2, -0.15) is 8.42 Å². The molecule has 3 aromatic rings. The van der Waals surface area contributed by atoms with Crippen LogP contribution in [0, 0.1) is 6.92 Å². The molecule has 2 aromatic heterocycles. The van der Waals surface area contributed by atoms with E-state index in [1.54, 1.807) is 47.9 Å². The second kappa shape index (κ2) is 5.38. The Morgan fingerprint density at radius 2 is 1.86 bits per heavy atom. The van der Waals surface area contributed by atoms with Crippen molar-refractivity contribution in [2.24, 2.45) is 0 Å². The average molecular weight is 318 g/mol. The zero-order valence-corrected chi connectivity index (χ0v) is 13.0. The second-order valence-electron chi connectivity index (χ2n) is 4.66. The molecule has 0 aliphatic heterocycles. The van der Waals surface area contributed by atoms with Crippen LogP contribution in [0.3, 0.4) is 0 Å². The standard InChI is InChI=1S/C15H14N2O2S2/c1-12-10-15(20-11-12)14-8-5-9-17(14)16-21(18,19)13-6-3-2-4-7-13/h2-11,16H,1H3. The third kappa shape index (κ3) is 2.86.